The number of rotatable bonds is 4. The van der Waals surface area contributed by atoms with Crippen LogP contribution in [0.15, 0.2) is 35.1 Å². The molecule has 35 heavy (non-hydrogen) atoms. The van der Waals surface area contributed by atoms with Gasteiger partial charge in [-0.1, -0.05) is 0 Å². The molecule has 182 valence electrons. The monoisotopic (exact) mass is 488 g/mol. The molecule has 2 bridgehead atoms. The number of alkyl halides is 3. The van der Waals surface area contributed by atoms with E-state index in [1.807, 2.05) is 4.90 Å². The Morgan fingerprint density at radius 3 is 2.80 bits per heavy atom. The predicted octanol–water partition coefficient (Wildman–Crippen LogP) is 2.76. The van der Waals surface area contributed by atoms with E-state index >= 15 is 0 Å². The molecule has 3 aromatic rings. The number of amides is 3. The van der Waals surface area contributed by atoms with E-state index in [2.05, 4.69) is 25.3 Å². The highest BCUT2D eigenvalue weighted by molar-refractivity contribution is 6.05. The van der Waals surface area contributed by atoms with Crippen LogP contribution in [0.5, 0.6) is 0 Å². The van der Waals surface area contributed by atoms with Crippen molar-refractivity contribution in [3.63, 3.8) is 0 Å². The van der Waals surface area contributed by atoms with Gasteiger partial charge in [-0.3, -0.25) is 15.0 Å². The summed E-state index contributed by atoms with van der Waals surface area (Å²) in [5.74, 6) is 0.278. The molecule has 11 nitrogen and oxygen atoms in total. The summed E-state index contributed by atoms with van der Waals surface area (Å²) >= 11 is 0. The lowest BCUT2D eigenvalue weighted by Crippen LogP contribution is -2.48. The third-order valence-electron chi connectivity index (χ3n) is 5.63. The maximum absolute atomic E-state index is 13.3. The third-order valence-corrected chi connectivity index (χ3v) is 5.63. The van der Waals surface area contributed by atoms with Gasteiger partial charge in [0.25, 0.3) is 5.91 Å². The molecule has 2 aliphatic heterocycles. The number of nitrogens with zero attached hydrogens (tertiary/aromatic N) is 6. The summed E-state index contributed by atoms with van der Waals surface area (Å²) in [6, 6.07) is 3.67. The molecule has 2 N–H and O–H groups in total. The topological polar surface area (TPSA) is 129 Å². The van der Waals surface area contributed by atoms with Gasteiger partial charge in [-0.05, 0) is 18.6 Å². The third kappa shape index (κ3) is 4.58. The van der Waals surface area contributed by atoms with Crippen LogP contribution < -0.4 is 20.4 Å². The van der Waals surface area contributed by atoms with Crippen LogP contribution in [-0.2, 0) is 0 Å². The number of pyridine rings is 1. The fourth-order valence-electron chi connectivity index (χ4n) is 4.08. The first-order chi connectivity index (χ1) is 16.7. The zero-order valence-electron chi connectivity index (χ0n) is 18.3. The maximum Gasteiger partial charge on any atom is 0.405 e. The fraction of sp³-hybridized carbons (Fsp3) is 0.333. The van der Waals surface area contributed by atoms with E-state index in [1.165, 1.54) is 29.6 Å². The van der Waals surface area contributed by atoms with Crippen LogP contribution in [-0.4, -0.2) is 63.7 Å². The highest BCUT2D eigenvalue weighted by Gasteiger charge is 2.41. The zero-order chi connectivity index (χ0) is 24.7. The molecule has 1 atom stereocenters. The summed E-state index contributed by atoms with van der Waals surface area (Å²) in [5, 5.41) is 4.51. The fourth-order valence-corrected chi connectivity index (χ4v) is 4.08. The van der Waals surface area contributed by atoms with E-state index in [1.54, 1.807) is 18.3 Å². The van der Waals surface area contributed by atoms with E-state index in [9.17, 15) is 22.8 Å². The van der Waals surface area contributed by atoms with Crippen molar-refractivity contribution in [2.24, 2.45) is 0 Å². The molecule has 3 amide bonds. The zero-order valence-corrected chi connectivity index (χ0v) is 18.3. The minimum Gasteiger partial charge on any atom is -0.439 e. The first-order valence-corrected chi connectivity index (χ1v) is 10.6. The van der Waals surface area contributed by atoms with Crippen molar-refractivity contribution in [2.45, 2.75) is 25.6 Å². The summed E-state index contributed by atoms with van der Waals surface area (Å²) in [5.41, 5.74) is 0.809. The molecule has 1 fully saturated rings. The maximum atomic E-state index is 13.3. The van der Waals surface area contributed by atoms with Crippen molar-refractivity contribution in [3.8, 4) is 11.5 Å². The molecule has 0 saturated carbocycles. The van der Waals surface area contributed by atoms with Crippen LogP contribution in [0.1, 0.15) is 22.8 Å². The molecule has 0 radical (unpaired) electrons. The van der Waals surface area contributed by atoms with Gasteiger partial charge < -0.3 is 14.6 Å². The van der Waals surface area contributed by atoms with E-state index in [0.717, 1.165) is 0 Å². The number of aromatic nitrogens is 4. The standard InChI is InChI=1S/C21H19F3N8O3/c1-11-25-7-16(35-11)14-6-17(28-10-27-14)30-20(34)32-12-4-5-31(8-12)15-3-2-13(29-18(15)32)19(33)26-9-21(22,23)24/h2-3,6-7,10,12H,4-5,8-9H2,1H3,(H,26,33)(H,27,28,30,34). The Hall–Kier alpha value is -4.23. The summed E-state index contributed by atoms with van der Waals surface area (Å²) in [6.45, 7) is 1.44. The van der Waals surface area contributed by atoms with Gasteiger partial charge in [-0.2, -0.15) is 13.2 Å². The molecule has 0 aromatic carbocycles. The number of fused-ring (bicyclic) bond motifs is 4. The molecule has 14 heteroatoms. The molecular weight excluding hydrogens is 469 g/mol. The molecule has 1 unspecified atom stereocenters. The van der Waals surface area contributed by atoms with Gasteiger partial charge >= 0.3 is 12.2 Å². The van der Waals surface area contributed by atoms with Crippen LogP contribution in [0.25, 0.3) is 11.5 Å². The number of hydrogen-bond donors (Lipinski definition) is 2. The lowest BCUT2D eigenvalue weighted by Gasteiger charge is -2.35. The van der Waals surface area contributed by atoms with Crippen molar-refractivity contribution in [2.75, 3.05) is 34.8 Å². The van der Waals surface area contributed by atoms with Gasteiger partial charge in [0.15, 0.2) is 17.5 Å². The van der Waals surface area contributed by atoms with Crippen LogP contribution in [0, 0.1) is 6.92 Å². The Kier molecular flexibility index (Phi) is 5.49. The van der Waals surface area contributed by atoms with E-state index in [0.29, 0.717) is 42.5 Å². The minimum atomic E-state index is -4.55. The van der Waals surface area contributed by atoms with Crippen LogP contribution in [0.2, 0.25) is 0 Å². The molecule has 5 rings (SSSR count). The van der Waals surface area contributed by atoms with Crippen molar-refractivity contribution in [1.29, 1.82) is 0 Å². The number of halogens is 3. The van der Waals surface area contributed by atoms with Gasteiger partial charge in [0.05, 0.1) is 17.9 Å². The number of urea groups is 1. The number of oxazole rings is 1. The van der Waals surface area contributed by atoms with Crippen LogP contribution >= 0.6 is 0 Å². The molecule has 2 aliphatic rings. The lowest BCUT2D eigenvalue weighted by molar-refractivity contribution is -0.123. The van der Waals surface area contributed by atoms with Gasteiger partial charge in [-0.15, -0.1) is 0 Å². The second kappa shape index (κ2) is 8.52. The van der Waals surface area contributed by atoms with Gasteiger partial charge in [0, 0.05) is 26.1 Å². The summed E-state index contributed by atoms with van der Waals surface area (Å²) in [6.07, 6.45) is -1.12. The first-order valence-electron chi connectivity index (χ1n) is 10.6. The summed E-state index contributed by atoms with van der Waals surface area (Å²) in [7, 11) is 0. The van der Waals surface area contributed by atoms with Gasteiger partial charge in [-0.25, -0.2) is 24.7 Å². The number of aryl methyl sites for hydroxylation is 1. The largest absolute Gasteiger partial charge is 0.439 e. The van der Waals surface area contributed by atoms with Crippen molar-refractivity contribution in [1.82, 2.24) is 25.3 Å². The molecule has 5 heterocycles. The van der Waals surface area contributed by atoms with E-state index < -0.39 is 24.7 Å². The Balaban J connectivity index is 1.41. The molecular formula is C21H19F3N8O3. The Morgan fingerprint density at radius 1 is 1.23 bits per heavy atom. The van der Waals surface area contributed by atoms with Crippen molar-refractivity contribution >= 4 is 29.3 Å². The molecule has 0 spiro atoms. The van der Waals surface area contributed by atoms with Gasteiger partial charge in [0.2, 0.25) is 0 Å². The summed E-state index contributed by atoms with van der Waals surface area (Å²) in [4.78, 5) is 45.5. The predicted molar refractivity (Wildman–Crippen MR) is 117 cm³/mol. The number of anilines is 3. The first kappa shape index (κ1) is 22.6. The number of hydrogen-bond acceptors (Lipinski definition) is 8. The van der Waals surface area contributed by atoms with Crippen LogP contribution in [0.4, 0.5) is 35.3 Å². The molecule has 0 aliphatic carbocycles. The van der Waals surface area contributed by atoms with E-state index in [-0.39, 0.29) is 23.4 Å². The minimum absolute atomic E-state index is 0.191. The number of nitrogens with one attached hydrogen (secondary N) is 2. The van der Waals surface area contributed by atoms with Crippen LogP contribution in [0.3, 0.4) is 0 Å². The molecule has 1 saturated heterocycles. The Labute approximate surface area is 196 Å². The molecule has 3 aromatic heterocycles. The SMILES string of the molecule is Cc1ncc(-c2cc(NC(=O)N3c4nc(C(=O)NCC(F)(F)F)ccc4N4CCC3C4)ncn2)o1. The second-order valence-corrected chi connectivity index (χ2v) is 8.06. The normalized spacial score (nSPS) is 16.7. The lowest BCUT2D eigenvalue weighted by atomic mass is 10.1. The highest BCUT2D eigenvalue weighted by atomic mass is 19.4. The van der Waals surface area contributed by atoms with E-state index in [4.69, 9.17) is 4.42 Å². The highest BCUT2D eigenvalue weighted by Crippen LogP contribution is 2.39. The number of carbonyl (C=O) groups excluding carboxylic acids is 2. The van der Waals surface area contributed by atoms with Crippen molar-refractivity contribution in [3.05, 3.63) is 42.3 Å². The smallest absolute Gasteiger partial charge is 0.405 e. The van der Waals surface area contributed by atoms with Crippen molar-refractivity contribution < 1.29 is 27.2 Å². The Bertz CT molecular complexity index is 1290. The number of carbonyl (C=O) groups is 2. The second-order valence-electron chi connectivity index (χ2n) is 8.06. The van der Waals surface area contributed by atoms with Gasteiger partial charge in [0.1, 0.15) is 30.1 Å². The quantitative estimate of drug-likeness (QED) is 0.574. The summed E-state index contributed by atoms with van der Waals surface area (Å²) < 4.78 is 43.0. The average Bonchev–Trinajstić information content (AvgIpc) is 3.44. The average molecular weight is 488 g/mol. The Morgan fingerprint density at radius 2 is 2.06 bits per heavy atom.